The molecule has 2 aliphatic rings. The van der Waals surface area contributed by atoms with Crippen molar-refractivity contribution < 1.29 is 19.2 Å². The molecule has 2 fully saturated rings. The average Bonchev–Trinajstić information content (AvgIpc) is 3.41. The van der Waals surface area contributed by atoms with E-state index in [9.17, 15) is 9.59 Å². The Balaban J connectivity index is 1.47. The molecular weight excluding hydrogens is 464 g/mol. The van der Waals surface area contributed by atoms with Crippen LogP contribution in [-0.4, -0.2) is 24.5 Å². The van der Waals surface area contributed by atoms with E-state index in [-0.39, 0.29) is 17.2 Å². The van der Waals surface area contributed by atoms with Crippen LogP contribution < -0.4 is 14.7 Å². The number of anilines is 2. The van der Waals surface area contributed by atoms with Crippen LogP contribution in [-0.2, 0) is 19.8 Å². The summed E-state index contributed by atoms with van der Waals surface area (Å²) in [6.45, 7) is 9.26. The van der Waals surface area contributed by atoms with Gasteiger partial charge in [0.05, 0.1) is 24.0 Å². The van der Waals surface area contributed by atoms with Crippen molar-refractivity contribution in [1.29, 1.82) is 0 Å². The number of imide groups is 1. The maximum atomic E-state index is 13.8. The Labute approximate surface area is 218 Å². The predicted molar refractivity (Wildman–Crippen MR) is 145 cm³/mol. The Hall–Kier alpha value is -3.64. The van der Waals surface area contributed by atoms with Gasteiger partial charge in [0.15, 0.2) is 6.10 Å². The van der Waals surface area contributed by atoms with E-state index in [2.05, 4.69) is 52.0 Å². The largest absolute Gasteiger partial charge is 0.494 e. The van der Waals surface area contributed by atoms with E-state index < -0.39 is 18.1 Å². The molecule has 0 spiro atoms. The van der Waals surface area contributed by atoms with Crippen LogP contribution in [0.3, 0.4) is 0 Å². The van der Waals surface area contributed by atoms with Gasteiger partial charge in [-0.15, -0.1) is 0 Å². The first-order chi connectivity index (χ1) is 17.8. The lowest BCUT2D eigenvalue weighted by Crippen LogP contribution is -2.37. The zero-order valence-electron chi connectivity index (χ0n) is 21.9. The van der Waals surface area contributed by atoms with Crippen LogP contribution in [0.2, 0.25) is 0 Å². The topological polar surface area (TPSA) is 59.1 Å². The van der Waals surface area contributed by atoms with Crippen molar-refractivity contribution in [1.82, 2.24) is 0 Å². The number of fused-ring (bicyclic) bond motifs is 1. The zero-order chi connectivity index (χ0) is 26.2. The van der Waals surface area contributed by atoms with Crippen LogP contribution in [0.15, 0.2) is 78.9 Å². The molecule has 6 heteroatoms. The highest BCUT2D eigenvalue weighted by atomic mass is 16.7. The molecule has 37 heavy (non-hydrogen) atoms. The minimum atomic E-state index is -0.888. The van der Waals surface area contributed by atoms with Gasteiger partial charge in [-0.1, -0.05) is 76.6 Å². The SMILES string of the molecule is CCCCOc1ccc(N2C(=O)[C@@H]3[C@H](ON(c4ccccc4)[C@H]3c3ccc(C(C)(C)C)cc3)C2=O)cc1. The molecule has 2 amide bonds. The van der Waals surface area contributed by atoms with Gasteiger partial charge in [-0.3, -0.25) is 14.4 Å². The third-order valence-electron chi connectivity index (χ3n) is 7.11. The minimum absolute atomic E-state index is 0.00865. The molecular formula is C31H34N2O4. The fourth-order valence-electron chi connectivity index (χ4n) is 5.01. The number of para-hydroxylation sites is 1. The minimum Gasteiger partial charge on any atom is -0.494 e. The summed E-state index contributed by atoms with van der Waals surface area (Å²) in [5, 5.41) is 1.74. The van der Waals surface area contributed by atoms with E-state index in [1.165, 1.54) is 10.5 Å². The first-order valence-corrected chi connectivity index (χ1v) is 13.0. The molecule has 3 aromatic rings. The standard InChI is InChI=1S/C31H34N2O4/c1-5-6-20-36-25-18-16-23(17-19-25)32-29(34)26-27(21-12-14-22(15-13-21)31(2,3)4)33(37-28(26)30(32)35)24-10-8-7-9-11-24/h7-19,26-28H,5-6,20H2,1-4H3/t26-,27-,28-/m0/s1. The van der Waals surface area contributed by atoms with Crippen molar-refractivity contribution in [2.45, 2.75) is 58.1 Å². The van der Waals surface area contributed by atoms with Gasteiger partial charge in [0.25, 0.3) is 5.91 Å². The molecule has 0 aliphatic carbocycles. The summed E-state index contributed by atoms with van der Waals surface area (Å²) < 4.78 is 5.74. The van der Waals surface area contributed by atoms with E-state index >= 15 is 0 Å². The highest BCUT2D eigenvalue weighted by Crippen LogP contribution is 2.47. The number of ether oxygens (including phenoxy) is 1. The fourth-order valence-corrected chi connectivity index (χ4v) is 5.01. The second-order valence-electron chi connectivity index (χ2n) is 10.7. The number of amides is 2. The summed E-state index contributed by atoms with van der Waals surface area (Å²) in [5.41, 5.74) is 3.49. The second kappa shape index (κ2) is 10.0. The molecule has 2 aliphatic heterocycles. The normalized spacial score (nSPS) is 21.5. The zero-order valence-corrected chi connectivity index (χ0v) is 21.9. The van der Waals surface area contributed by atoms with Gasteiger partial charge in [-0.05, 0) is 59.4 Å². The van der Waals surface area contributed by atoms with E-state index in [0.717, 1.165) is 29.8 Å². The highest BCUT2D eigenvalue weighted by Gasteiger charge is 2.60. The first-order valence-electron chi connectivity index (χ1n) is 13.0. The lowest BCUT2D eigenvalue weighted by molar-refractivity contribution is -0.126. The van der Waals surface area contributed by atoms with E-state index in [4.69, 9.17) is 9.57 Å². The number of rotatable bonds is 7. The third-order valence-corrected chi connectivity index (χ3v) is 7.11. The van der Waals surface area contributed by atoms with Gasteiger partial charge in [0, 0.05) is 0 Å². The van der Waals surface area contributed by atoms with Crippen molar-refractivity contribution in [3.05, 3.63) is 90.0 Å². The lowest BCUT2D eigenvalue weighted by atomic mass is 9.84. The van der Waals surface area contributed by atoms with Crippen LogP contribution in [0.5, 0.6) is 5.75 Å². The Morgan fingerprint density at radius 2 is 1.51 bits per heavy atom. The van der Waals surface area contributed by atoms with Gasteiger partial charge >= 0.3 is 0 Å². The van der Waals surface area contributed by atoms with Gasteiger partial charge in [-0.25, -0.2) is 9.96 Å². The Bertz CT molecular complexity index is 1250. The number of benzene rings is 3. The van der Waals surface area contributed by atoms with Crippen LogP contribution in [0.25, 0.3) is 0 Å². The summed E-state index contributed by atoms with van der Waals surface area (Å²) in [4.78, 5) is 34.9. The van der Waals surface area contributed by atoms with Crippen LogP contribution in [0, 0.1) is 5.92 Å². The second-order valence-corrected chi connectivity index (χ2v) is 10.7. The summed E-state index contributed by atoms with van der Waals surface area (Å²) in [6.07, 6.45) is 1.14. The molecule has 0 radical (unpaired) electrons. The van der Waals surface area contributed by atoms with Gasteiger partial charge in [0.1, 0.15) is 11.7 Å². The quantitative estimate of drug-likeness (QED) is 0.286. The number of hydrogen-bond acceptors (Lipinski definition) is 5. The van der Waals surface area contributed by atoms with E-state index in [1.54, 1.807) is 29.3 Å². The average molecular weight is 499 g/mol. The van der Waals surface area contributed by atoms with Crippen LogP contribution >= 0.6 is 0 Å². The number of hydrogen-bond donors (Lipinski definition) is 0. The summed E-state index contributed by atoms with van der Waals surface area (Å²) >= 11 is 0. The summed E-state index contributed by atoms with van der Waals surface area (Å²) in [6, 6.07) is 24.7. The van der Waals surface area contributed by atoms with Gasteiger partial charge in [-0.2, -0.15) is 0 Å². The number of nitrogens with zero attached hydrogens (tertiary/aromatic N) is 2. The van der Waals surface area contributed by atoms with Gasteiger partial charge < -0.3 is 4.74 Å². The fraction of sp³-hybridized carbons (Fsp3) is 0.355. The van der Waals surface area contributed by atoms with Crippen molar-refractivity contribution in [2.24, 2.45) is 5.92 Å². The number of carbonyl (C=O) groups excluding carboxylic acids is 2. The molecule has 3 aromatic carbocycles. The lowest BCUT2D eigenvalue weighted by Gasteiger charge is -2.29. The molecule has 5 rings (SSSR count). The van der Waals surface area contributed by atoms with Crippen molar-refractivity contribution in [3.63, 3.8) is 0 Å². The molecule has 192 valence electrons. The van der Waals surface area contributed by atoms with E-state index in [0.29, 0.717) is 12.3 Å². The maximum Gasteiger partial charge on any atom is 0.266 e. The molecule has 0 unspecified atom stereocenters. The summed E-state index contributed by atoms with van der Waals surface area (Å²) in [7, 11) is 0. The van der Waals surface area contributed by atoms with Crippen molar-refractivity contribution in [3.8, 4) is 5.75 Å². The summed E-state index contributed by atoms with van der Waals surface area (Å²) in [5.74, 6) is -0.532. The van der Waals surface area contributed by atoms with Crippen LogP contribution in [0.1, 0.15) is 57.7 Å². The molecule has 2 saturated heterocycles. The Kier molecular flexibility index (Phi) is 6.78. The number of hydroxylamine groups is 1. The molecule has 3 atom stereocenters. The predicted octanol–water partition coefficient (Wildman–Crippen LogP) is 6.21. The molecule has 0 N–H and O–H groups in total. The first kappa shape index (κ1) is 25.0. The van der Waals surface area contributed by atoms with Crippen molar-refractivity contribution >= 4 is 23.2 Å². The maximum absolute atomic E-state index is 13.8. The Morgan fingerprint density at radius 3 is 2.14 bits per heavy atom. The molecule has 2 heterocycles. The molecule has 0 bridgehead atoms. The van der Waals surface area contributed by atoms with E-state index in [1.807, 2.05) is 30.3 Å². The van der Waals surface area contributed by atoms with Crippen molar-refractivity contribution in [2.75, 3.05) is 16.6 Å². The number of carbonyl (C=O) groups is 2. The third kappa shape index (κ3) is 4.74. The monoisotopic (exact) mass is 498 g/mol. The Morgan fingerprint density at radius 1 is 0.838 bits per heavy atom. The highest BCUT2D eigenvalue weighted by molar-refractivity contribution is 6.23. The number of unbranched alkanes of at least 4 members (excludes halogenated alkanes) is 1. The molecule has 6 nitrogen and oxygen atoms in total. The molecule has 0 saturated carbocycles. The smallest absolute Gasteiger partial charge is 0.266 e. The van der Waals surface area contributed by atoms with Gasteiger partial charge in [0.2, 0.25) is 5.91 Å². The van der Waals surface area contributed by atoms with Crippen LogP contribution in [0.4, 0.5) is 11.4 Å². The molecule has 0 aromatic heterocycles.